The molecule has 0 atom stereocenters. The van der Waals surface area contributed by atoms with Crippen molar-refractivity contribution in [1.82, 2.24) is 0 Å². The Kier molecular flexibility index (Phi) is 4.16. The largest absolute Gasteiger partial charge is 0.497 e. The molecule has 0 aromatic heterocycles. The Bertz CT molecular complexity index is 341. The van der Waals surface area contributed by atoms with Gasteiger partial charge in [-0.2, -0.15) is 0 Å². The van der Waals surface area contributed by atoms with E-state index in [-0.39, 0.29) is 0 Å². The fourth-order valence-electron chi connectivity index (χ4n) is 1.68. The molecule has 3 nitrogen and oxygen atoms in total. The quantitative estimate of drug-likeness (QED) is 0.770. The zero-order valence-electron chi connectivity index (χ0n) is 9.12. The molecule has 0 heterocycles. The predicted octanol–water partition coefficient (Wildman–Crippen LogP) is 2.27. The number of carboxylic acid groups (broad SMARTS) is 1. The Hall–Kier alpha value is -1.51. The fraction of sp³-hybridized carbons (Fsp3) is 0.417. The summed E-state index contributed by atoms with van der Waals surface area (Å²) >= 11 is 0. The Labute approximate surface area is 89.7 Å². The molecule has 0 amide bonds. The summed E-state index contributed by atoms with van der Waals surface area (Å²) in [5, 5.41) is 7.42. The lowest BCUT2D eigenvalue weighted by Gasteiger charge is -2.02. The molecule has 0 spiro atoms. The van der Waals surface area contributed by atoms with Crippen LogP contribution in [0.5, 0.6) is 5.75 Å². The monoisotopic (exact) mass is 208 g/mol. The Balaban J connectivity index is 0.000000245. The van der Waals surface area contributed by atoms with E-state index in [4.69, 9.17) is 14.6 Å². The van der Waals surface area contributed by atoms with Gasteiger partial charge in [0, 0.05) is 6.92 Å². The molecule has 0 aliphatic heterocycles. The number of fused-ring (bicyclic) bond motifs is 1. The van der Waals surface area contributed by atoms with Crippen molar-refractivity contribution in [1.29, 1.82) is 0 Å². The predicted molar refractivity (Wildman–Crippen MR) is 58.3 cm³/mol. The topological polar surface area (TPSA) is 46.5 Å². The van der Waals surface area contributed by atoms with Crippen LogP contribution in [-0.4, -0.2) is 18.2 Å². The van der Waals surface area contributed by atoms with E-state index < -0.39 is 5.97 Å². The van der Waals surface area contributed by atoms with E-state index >= 15 is 0 Å². The van der Waals surface area contributed by atoms with Crippen molar-refractivity contribution in [2.45, 2.75) is 26.2 Å². The lowest BCUT2D eigenvalue weighted by Crippen LogP contribution is -1.86. The third-order valence-electron chi connectivity index (χ3n) is 2.31. The average molecular weight is 208 g/mol. The Morgan fingerprint density at radius 3 is 2.53 bits per heavy atom. The highest BCUT2D eigenvalue weighted by Crippen LogP contribution is 2.25. The molecule has 3 heteroatoms. The molecule has 0 saturated heterocycles. The van der Waals surface area contributed by atoms with Gasteiger partial charge in [0.15, 0.2) is 0 Å². The molecule has 0 bridgehead atoms. The normalized spacial score (nSPS) is 12.4. The number of methoxy groups -OCH3 is 1. The van der Waals surface area contributed by atoms with Crippen molar-refractivity contribution >= 4 is 5.97 Å². The first kappa shape index (κ1) is 11.6. The summed E-state index contributed by atoms with van der Waals surface area (Å²) in [7, 11) is 1.72. The van der Waals surface area contributed by atoms with Crippen molar-refractivity contribution in [3.8, 4) is 5.75 Å². The summed E-state index contributed by atoms with van der Waals surface area (Å²) in [6, 6.07) is 6.38. The molecule has 1 aliphatic rings. The molecule has 1 aromatic rings. The van der Waals surface area contributed by atoms with Crippen LogP contribution in [0.1, 0.15) is 24.5 Å². The van der Waals surface area contributed by atoms with Gasteiger partial charge in [0.05, 0.1) is 7.11 Å². The smallest absolute Gasteiger partial charge is 0.300 e. The van der Waals surface area contributed by atoms with Crippen LogP contribution >= 0.6 is 0 Å². The molecule has 82 valence electrons. The second-order valence-corrected chi connectivity index (χ2v) is 3.51. The summed E-state index contributed by atoms with van der Waals surface area (Å²) < 4.78 is 5.14. The van der Waals surface area contributed by atoms with Gasteiger partial charge in [0.2, 0.25) is 0 Å². The first-order valence-corrected chi connectivity index (χ1v) is 4.99. The Morgan fingerprint density at radius 1 is 1.33 bits per heavy atom. The van der Waals surface area contributed by atoms with Gasteiger partial charge < -0.3 is 9.84 Å². The first-order valence-electron chi connectivity index (χ1n) is 4.99. The maximum absolute atomic E-state index is 9.00. The van der Waals surface area contributed by atoms with E-state index in [2.05, 4.69) is 12.1 Å². The lowest BCUT2D eigenvalue weighted by atomic mass is 10.1. The van der Waals surface area contributed by atoms with Crippen molar-refractivity contribution in [2.75, 3.05) is 7.11 Å². The summed E-state index contributed by atoms with van der Waals surface area (Å²) in [5.74, 6) is 0.158. The number of carboxylic acids is 1. The second kappa shape index (κ2) is 5.39. The maximum Gasteiger partial charge on any atom is 0.300 e. The van der Waals surface area contributed by atoms with Gasteiger partial charge in [-0.25, -0.2) is 0 Å². The van der Waals surface area contributed by atoms with Crippen molar-refractivity contribution in [2.24, 2.45) is 0 Å². The van der Waals surface area contributed by atoms with Crippen LogP contribution in [0, 0.1) is 0 Å². The summed E-state index contributed by atoms with van der Waals surface area (Å²) in [6.45, 7) is 1.08. The SMILES string of the molecule is CC(=O)O.COc1ccc2c(c1)CCC2. The third-order valence-corrected chi connectivity index (χ3v) is 2.31. The highest BCUT2D eigenvalue weighted by atomic mass is 16.5. The summed E-state index contributed by atoms with van der Waals surface area (Å²) in [5.41, 5.74) is 2.98. The second-order valence-electron chi connectivity index (χ2n) is 3.51. The third kappa shape index (κ3) is 3.62. The van der Waals surface area contributed by atoms with E-state index in [1.54, 1.807) is 7.11 Å². The average Bonchev–Trinajstić information content (AvgIpc) is 2.63. The van der Waals surface area contributed by atoms with Gasteiger partial charge in [0.1, 0.15) is 5.75 Å². The number of aliphatic carboxylic acids is 1. The molecule has 0 fully saturated rings. The number of carbonyl (C=O) groups is 1. The van der Waals surface area contributed by atoms with Crippen LogP contribution in [0.2, 0.25) is 0 Å². The van der Waals surface area contributed by atoms with Crippen LogP contribution in [0.4, 0.5) is 0 Å². The van der Waals surface area contributed by atoms with Gasteiger partial charge in [0.25, 0.3) is 5.97 Å². The van der Waals surface area contributed by atoms with Crippen LogP contribution < -0.4 is 4.74 Å². The highest BCUT2D eigenvalue weighted by molar-refractivity contribution is 5.62. The van der Waals surface area contributed by atoms with E-state index in [0.29, 0.717) is 0 Å². The fourth-order valence-corrected chi connectivity index (χ4v) is 1.68. The summed E-state index contributed by atoms with van der Waals surface area (Å²) in [4.78, 5) is 9.00. The van der Waals surface area contributed by atoms with E-state index in [1.807, 2.05) is 6.07 Å². The minimum absolute atomic E-state index is 0.833. The van der Waals surface area contributed by atoms with Crippen LogP contribution in [0.25, 0.3) is 0 Å². The minimum atomic E-state index is -0.833. The number of hydrogen-bond donors (Lipinski definition) is 1. The van der Waals surface area contributed by atoms with Crippen molar-refractivity contribution in [3.05, 3.63) is 29.3 Å². The van der Waals surface area contributed by atoms with Crippen LogP contribution in [-0.2, 0) is 17.6 Å². The van der Waals surface area contributed by atoms with E-state index in [0.717, 1.165) is 12.7 Å². The lowest BCUT2D eigenvalue weighted by molar-refractivity contribution is -0.134. The molecule has 0 unspecified atom stereocenters. The maximum atomic E-state index is 9.00. The van der Waals surface area contributed by atoms with Crippen molar-refractivity contribution < 1.29 is 14.6 Å². The van der Waals surface area contributed by atoms with E-state index in [9.17, 15) is 0 Å². The molecule has 0 radical (unpaired) electrons. The number of ether oxygens (including phenoxy) is 1. The minimum Gasteiger partial charge on any atom is -0.497 e. The summed E-state index contributed by atoms with van der Waals surface area (Å²) in [6.07, 6.45) is 3.79. The zero-order valence-corrected chi connectivity index (χ0v) is 9.12. The molecular weight excluding hydrogens is 192 g/mol. The molecular formula is C12H16O3. The molecule has 1 aliphatic carbocycles. The molecule has 0 saturated carbocycles. The standard InChI is InChI=1S/C10H12O.C2H4O2/c1-11-10-6-5-8-3-2-4-9(8)7-10;1-2(3)4/h5-7H,2-4H2,1H3;1H3,(H,3,4). The van der Waals surface area contributed by atoms with Crippen molar-refractivity contribution in [3.63, 3.8) is 0 Å². The molecule has 1 aromatic carbocycles. The van der Waals surface area contributed by atoms with Gasteiger partial charge >= 0.3 is 0 Å². The highest BCUT2D eigenvalue weighted by Gasteiger charge is 2.10. The Morgan fingerprint density at radius 2 is 1.93 bits per heavy atom. The van der Waals surface area contributed by atoms with Gasteiger partial charge in [-0.1, -0.05) is 6.07 Å². The van der Waals surface area contributed by atoms with Gasteiger partial charge in [-0.05, 0) is 42.5 Å². The van der Waals surface area contributed by atoms with Crippen LogP contribution in [0.15, 0.2) is 18.2 Å². The number of rotatable bonds is 1. The number of aryl methyl sites for hydroxylation is 2. The van der Waals surface area contributed by atoms with Gasteiger partial charge in [-0.3, -0.25) is 4.79 Å². The molecule has 15 heavy (non-hydrogen) atoms. The zero-order chi connectivity index (χ0) is 11.3. The van der Waals surface area contributed by atoms with E-state index in [1.165, 1.54) is 30.4 Å². The van der Waals surface area contributed by atoms with Gasteiger partial charge in [-0.15, -0.1) is 0 Å². The number of hydrogen-bond acceptors (Lipinski definition) is 2. The molecule has 2 rings (SSSR count). The first-order chi connectivity index (χ1) is 7.13. The van der Waals surface area contributed by atoms with Crippen LogP contribution in [0.3, 0.4) is 0 Å². The molecule has 1 N–H and O–H groups in total. The number of benzene rings is 1.